The summed E-state index contributed by atoms with van der Waals surface area (Å²) in [5.41, 5.74) is 1.98. The van der Waals surface area contributed by atoms with Crippen LogP contribution in [-0.4, -0.2) is 22.6 Å². The summed E-state index contributed by atoms with van der Waals surface area (Å²) in [4.78, 5) is 3.04. The predicted molar refractivity (Wildman–Crippen MR) is 75.0 cm³/mol. The maximum atomic E-state index is 5.62. The predicted octanol–water partition coefficient (Wildman–Crippen LogP) is 3.65. The van der Waals surface area contributed by atoms with Gasteiger partial charge in [-0.1, -0.05) is 19.1 Å². The second kappa shape index (κ2) is 4.86. The van der Waals surface area contributed by atoms with E-state index in [2.05, 4.69) is 22.5 Å². The Labute approximate surface area is 112 Å². The zero-order valence-electron chi connectivity index (χ0n) is 10.6. The van der Waals surface area contributed by atoms with Gasteiger partial charge in [0.25, 0.3) is 4.84 Å². The SMILES string of the molecule is CC1CCCN(Cn2c(=S)oc3ccccc32)C1. The molecule has 0 bridgehead atoms. The third kappa shape index (κ3) is 2.22. The molecule has 4 heteroatoms. The van der Waals surface area contributed by atoms with Gasteiger partial charge in [-0.15, -0.1) is 0 Å². The summed E-state index contributed by atoms with van der Waals surface area (Å²) in [6.45, 7) is 5.48. The topological polar surface area (TPSA) is 21.3 Å². The van der Waals surface area contributed by atoms with E-state index in [9.17, 15) is 0 Å². The van der Waals surface area contributed by atoms with E-state index in [4.69, 9.17) is 16.6 Å². The summed E-state index contributed by atoms with van der Waals surface area (Å²) in [6, 6.07) is 8.05. The highest BCUT2D eigenvalue weighted by Gasteiger charge is 2.17. The number of oxazole rings is 1. The van der Waals surface area contributed by atoms with Crippen LogP contribution >= 0.6 is 12.2 Å². The van der Waals surface area contributed by atoms with Crippen LogP contribution in [0.2, 0.25) is 0 Å². The summed E-state index contributed by atoms with van der Waals surface area (Å²) in [6.07, 6.45) is 2.62. The van der Waals surface area contributed by atoms with E-state index in [0.717, 1.165) is 36.8 Å². The lowest BCUT2D eigenvalue weighted by Crippen LogP contribution is -2.35. The van der Waals surface area contributed by atoms with Crippen molar-refractivity contribution in [2.75, 3.05) is 13.1 Å². The van der Waals surface area contributed by atoms with Crippen molar-refractivity contribution in [1.82, 2.24) is 9.47 Å². The Hall–Kier alpha value is -1.13. The van der Waals surface area contributed by atoms with Gasteiger partial charge in [-0.05, 0) is 49.7 Å². The van der Waals surface area contributed by atoms with Crippen LogP contribution in [0.1, 0.15) is 19.8 Å². The van der Waals surface area contributed by atoms with Crippen LogP contribution in [-0.2, 0) is 6.67 Å². The summed E-state index contributed by atoms with van der Waals surface area (Å²) >= 11 is 5.32. The Bertz CT molecular complexity index is 601. The monoisotopic (exact) mass is 262 g/mol. The summed E-state index contributed by atoms with van der Waals surface area (Å²) in [7, 11) is 0. The number of para-hydroxylation sites is 2. The van der Waals surface area contributed by atoms with E-state index in [1.165, 1.54) is 12.8 Å². The van der Waals surface area contributed by atoms with Crippen molar-refractivity contribution in [3.8, 4) is 0 Å². The van der Waals surface area contributed by atoms with E-state index in [-0.39, 0.29) is 0 Å². The Balaban J connectivity index is 1.90. The van der Waals surface area contributed by atoms with Crippen LogP contribution in [0.15, 0.2) is 28.7 Å². The molecule has 1 fully saturated rings. The van der Waals surface area contributed by atoms with Gasteiger partial charge >= 0.3 is 0 Å². The molecule has 1 aromatic carbocycles. The van der Waals surface area contributed by atoms with Crippen LogP contribution in [0.25, 0.3) is 11.1 Å². The van der Waals surface area contributed by atoms with Gasteiger partial charge in [0.2, 0.25) is 0 Å². The minimum atomic E-state index is 0.578. The van der Waals surface area contributed by atoms with Crippen molar-refractivity contribution in [2.45, 2.75) is 26.4 Å². The molecule has 0 amide bonds. The molecule has 1 aromatic heterocycles. The highest BCUT2D eigenvalue weighted by atomic mass is 32.1. The molecule has 0 saturated carbocycles. The van der Waals surface area contributed by atoms with E-state index in [1.807, 2.05) is 18.2 Å². The normalized spacial score (nSPS) is 21.5. The van der Waals surface area contributed by atoms with Gasteiger partial charge in [-0.2, -0.15) is 0 Å². The fourth-order valence-electron chi connectivity index (χ4n) is 2.76. The van der Waals surface area contributed by atoms with Gasteiger partial charge in [0.05, 0.1) is 12.2 Å². The van der Waals surface area contributed by atoms with Gasteiger partial charge in [-0.3, -0.25) is 9.47 Å². The Kier molecular flexibility index (Phi) is 3.22. The number of nitrogens with zero attached hydrogens (tertiary/aromatic N) is 2. The van der Waals surface area contributed by atoms with E-state index in [1.54, 1.807) is 0 Å². The molecule has 0 aliphatic carbocycles. The maximum Gasteiger partial charge on any atom is 0.270 e. The van der Waals surface area contributed by atoms with Crippen LogP contribution in [0.5, 0.6) is 0 Å². The van der Waals surface area contributed by atoms with Crippen molar-refractivity contribution in [3.05, 3.63) is 29.1 Å². The van der Waals surface area contributed by atoms with Gasteiger partial charge in [0.15, 0.2) is 5.58 Å². The molecule has 0 radical (unpaired) electrons. The molecule has 0 N–H and O–H groups in total. The summed E-state index contributed by atoms with van der Waals surface area (Å²) < 4.78 is 7.72. The smallest absolute Gasteiger partial charge is 0.270 e. The minimum absolute atomic E-state index is 0.578. The van der Waals surface area contributed by atoms with Crippen molar-refractivity contribution in [3.63, 3.8) is 0 Å². The Morgan fingerprint density at radius 1 is 1.39 bits per heavy atom. The van der Waals surface area contributed by atoms with Crippen molar-refractivity contribution in [1.29, 1.82) is 0 Å². The number of hydrogen-bond donors (Lipinski definition) is 0. The lowest BCUT2D eigenvalue weighted by atomic mass is 10.0. The Morgan fingerprint density at radius 2 is 2.22 bits per heavy atom. The van der Waals surface area contributed by atoms with Crippen molar-refractivity contribution >= 4 is 23.3 Å². The number of benzene rings is 1. The van der Waals surface area contributed by atoms with Crippen LogP contribution < -0.4 is 0 Å². The van der Waals surface area contributed by atoms with Gasteiger partial charge in [0.1, 0.15) is 0 Å². The molecular formula is C14H18N2OS. The second-order valence-electron chi connectivity index (χ2n) is 5.23. The number of rotatable bonds is 2. The first-order chi connectivity index (χ1) is 8.74. The minimum Gasteiger partial charge on any atom is -0.429 e. The molecule has 1 saturated heterocycles. The fraction of sp³-hybridized carbons (Fsp3) is 0.500. The molecule has 3 nitrogen and oxygen atoms in total. The average molecular weight is 262 g/mol. The number of aromatic nitrogens is 1. The molecule has 1 atom stereocenters. The molecule has 1 aliphatic rings. The number of fused-ring (bicyclic) bond motifs is 1. The zero-order chi connectivity index (χ0) is 12.5. The van der Waals surface area contributed by atoms with Crippen molar-refractivity contribution in [2.24, 2.45) is 5.92 Å². The number of piperidine rings is 1. The molecule has 18 heavy (non-hydrogen) atoms. The van der Waals surface area contributed by atoms with Crippen LogP contribution in [0.4, 0.5) is 0 Å². The number of likely N-dealkylation sites (tertiary alicyclic amines) is 1. The lowest BCUT2D eigenvalue weighted by molar-refractivity contribution is 0.145. The molecule has 3 rings (SSSR count). The molecule has 0 spiro atoms. The molecule has 2 heterocycles. The summed E-state index contributed by atoms with van der Waals surface area (Å²) in [5, 5.41) is 0. The van der Waals surface area contributed by atoms with Crippen LogP contribution in [0, 0.1) is 10.8 Å². The fourth-order valence-corrected chi connectivity index (χ4v) is 3.01. The maximum absolute atomic E-state index is 5.62. The van der Waals surface area contributed by atoms with Gasteiger partial charge in [0, 0.05) is 6.54 Å². The quantitative estimate of drug-likeness (QED) is 0.771. The van der Waals surface area contributed by atoms with Gasteiger partial charge < -0.3 is 4.42 Å². The number of hydrogen-bond acceptors (Lipinski definition) is 3. The average Bonchev–Trinajstić information content (AvgIpc) is 2.66. The molecule has 2 aromatic rings. The van der Waals surface area contributed by atoms with Crippen molar-refractivity contribution < 1.29 is 4.42 Å². The van der Waals surface area contributed by atoms with Gasteiger partial charge in [-0.25, -0.2) is 0 Å². The summed E-state index contributed by atoms with van der Waals surface area (Å²) in [5.74, 6) is 0.783. The highest BCUT2D eigenvalue weighted by Crippen LogP contribution is 2.20. The molecule has 1 unspecified atom stereocenters. The largest absolute Gasteiger partial charge is 0.429 e. The first-order valence-electron chi connectivity index (χ1n) is 6.55. The molecule has 1 aliphatic heterocycles. The van der Waals surface area contributed by atoms with Crippen LogP contribution in [0.3, 0.4) is 0 Å². The third-order valence-electron chi connectivity index (χ3n) is 3.66. The van der Waals surface area contributed by atoms with E-state index < -0.39 is 0 Å². The lowest BCUT2D eigenvalue weighted by Gasteiger charge is -2.30. The highest BCUT2D eigenvalue weighted by molar-refractivity contribution is 7.71. The Morgan fingerprint density at radius 3 is 3.06 bits per heavy atom. The van der Waals surface area contributed by atoms with E-state index >= 15 is 0 Å². The standard InChI is InChI=1S/C14H18N2OS/c1-11-5-4-8-15(9-11)10-16-12-6-2-3-7-13(12)17-14(16)18/h2-3,6-7,11H,4-5,8-10H2,1H3. The molecule has 96 valence electrons. The first kappa shape index (κ1) is 11.9. The third-order valence-corrected chi connectivity index (χ3v) is 3.96. The zero-order valence-corrected chi connectivity index (χ0v) is 11.4. The van der Waals surface area contributed by atoms with E-state index in [0.29, 0.717) is 4.84 Å². The second-order valence-corrected chi connectivity index (χ2v) is 5.58. The molecular weight excluding hydrogens is 244 g/mol. The first-order valence-corrected chi connectivity index (χ1v) is 6.95.